The number of esters is 1. The summed E-state index contributed by atoms with van der Waals surface area (Å²) in [5.74, 6) is 0.265. The Kier molecular flexibility index (Phi) is 9.28. The highest BCUT2D eigenvalue weighted by Gasteiger charge is 2.21. The van der Waals surface area contributed by atoms with Crippen LogP contribution in [0, 0.1) is 11.3 Å². The molecule has 7 heteroatoms. The third-order valence-electron chi connectivity index (χ3n) is 5.31. The Morgan fingerprint density at radius 2 is 1.71 bits per heavy atom. The van der Waals surface area contributed by atoms with Gasteiger partial charge in [0.2, 0.25) is 0 Å². The largest absolute Gasteiger partial charge is 0.426 e. The topological polar surface area (TPSA) is 96.5 Å². The second-order valence-electron chi connectivity index (χ2n) is 7.43. The van der Waals surface area contributed by atoms with Crippen molar-refractivity contribution in [2.45, 2.75) is 25.7 Å². The minimum Gasteiger partial charge on any atom is -0.426 e. The van der Waals surface area contributed by atoms with E-state index in [1.165, 1.54) is 6.08 Å². The van der Waals surface area contributed by atoms with Crippen molar-refractivity contribution in [2.75, 3.05) is 13.1 Å². The van der Waals surface area contributed by atoms with Crippen LogP contribution in [0.25, 0.3) is 6.08 Å². The lowest BCUT2D eigenvalue weighted by molar-refractivity contribution is -0.134. The molecule has 0 aromatic heterocycles. The Labute approximate surface area is 189 Å². The molecule has 31 heavy (non-hydrogen) atoms. The van der Waals surface area contributed by atoms with Crippen LogP contribution in [0.3, 0.4) is 0 Å². The first kappa shape index (κ1) is 24.2. The molecule has 0 unspecified atom stereocenters. The van der Waals surface area contributed by atoms with Gasteiger partial charge in [0, 0.05) is 19.5 Å². The molecule has 6 nitrogen and oxygen atoms in total. The zero-order chi connectivity index (χ0) is 21.3. The van der Waals surface area contributed by atoms with E-state index in [9.17, 15) is 9.59 Å². The van der Waals surface area contributed by atoms with Gasteiger partial charge in [-0.2, -0.15) is 0 Å². The number of carbonyl (C=O) groups excluding carboxylic acids is 2. The predicted octanol–water partition coefficient (Wildman–Crippen LogP) is 4.30. The van der Waals surface area contributed by atoms with Crippen molar-refractivity contribution >= 4 is 36.2 Å². The second-order valence-corrected chi connectivity index (χ2v) is 7.43. The first-order chi connectivity index (χ1) is 14.5. The minimum atomic E-state index is -0.337. The molecule has 0 saturated carbocycles. The van der Waals surface area contributed by atoms with Gasteiger partial charge >= 0.3 is 5.97 Å². The van der Waals surface area contributed by atoms with Crippen LogP contribution in [-0.4, -0.2) is 35.7 Å². The quantitative estimate of drug-likeness (QED) is 0.167. The fourth-order valence-corrected chi connectivity index (χ4v) is 3.54. The fourth-order valence-electron chi connectivity index (χ4n) is 3.54. The van der Waals surface area contributed by atoms with Crippen LogP contribution in [0.1, 0.15) is 41.6 Å². The number of rotatable bonds is 7. The number of para-hydroxylation sites is 1. The zero-order valence-electron chi connectivity index (χ0n) is 17.3. The van der Waals surface area contributed by atoms with Crippen LogP contribution in [0.15, 0.2) is 60.7 Å². The summed E-state index contributed by atoms with van der Waals surface area (Å²) in [5, 5.41) is 7.48. The average Bonchev–Trinajstić information content (AvgIpc) is 2.77. The van der Waals surface area contributed by atoms with Gasteiger partial charge in [-0.05, 0) is 49.0 Å². The number of ketones is 1. The van der Waals surface area contributed by atoms with E-state index in [0.29, 0.717) is 17.9 Å². The Balaban J connectivity index is 0.00000341. The number of halogens is 1. The van der Waals surface area contributed by atoms with Gasteiger partial charge in [-0.1, -0.05) is 48.5 Å². The predicted molar refractivity (Wildman–Crippen MR) is 125 cm³/mol. The number of hydrogen-bond acceptors (Lipinski definition) is 4. The number of nitrogens with one attached hydrogen (secondary N) is 1. The number of allylic oxidation sites excluding steroid dienone is 1. The molecule has 1 aliphatic rings. The molecule has 3 N–H and O–H groups in total. The van der Waals surface area contributed by atoms with E-state index in [0.717, 1.165) is 37.9 Å². The van der Waals surface area contributed by atoms with Gasteiger partial charge in [0.25, 0.3) is 0 Å². The first-order valence-corrected chi connectivity index (χ1v) is 10.2. The van der Waals surface area contributed by atoms with Crippen molar-refractivity contribution in [3.63, 3.8) is 0 Å². The summed E-state index contributed by atoms with van der Waals surface area (Å²) in [6, 6.07) is 16.4. The zero-order valence-corrected chi connectivity index (χ0v) is 18.1. The summed E-state index contributed by atoms with van der Waals surface area (Å²) in [6.45, 7) is 1.50. The van der Waals surface area contributed by atoms with E-state index in [2.05, 4.69) is 0 Å². The molecular formula is C24H28ClN3O3. The summed E-state index contributed by atoms with van der Waals surface area (Å²) in [4.78, 5) is 26.8. The number of hydrogen-bond donors (Lipinski definition) is 2. The average molecular weight is 442 g/mol. The van der Waals surface area contributed by atoms with E-state index in [1.807, 2.05) is 35.2 Å². The SMILES string of the molecule is Cl.N=C(N)N1CCC(CCC(=O)Oc2ccccc2C(=O)/C=C/c2ccccc2)CC1. The van der Waals surface area contributed by atoms with E-state index in [1.54, 1.807) is 30.3 Å². The van der Waals surface area contributed by atoms with Crippen molar-refractivity contribution < 1.29 is 14.3 Å². The van der Waals surface area contributed by atoms with Crippen molar-refractivity contribution in [3.8, 4) is 5.75 Å². The molecule has 1 aliphatic heterocycles. The van der Waals surface area contributed by atoms with Gasteiger partial charge in [0.05, 0.1) is 5.56 Å². The summed E-state index contributed by atoms with van der Waals surface area (Å²) < 4.78 is 5.51. The van der Waals surface area contributed by atoms with Crippen LogP contribution in [0.4, 0.5) is 0 Å². The third kappa shape index (κ3) is 7.26. The van der Waals surface area contributed by atoms with Crippen LogP contribution < -0.4 is 10.5 Å². The van der Waals surface area contributed by atoms with Crippen molar-refractivity contribution in [1.82, 2.24) is 4.90 Å². The molecule has 1 saturated heterocycles. The number of ether oxygens (including phenoxy) is 1. The molecule has 0 bridgehead atoms. The minimum absolute atomic E-state index is 0. The van der Waals surface area contributed by atoms with Gasteiger partial charge in [0.15, 0.2) is 11.7 Å². The number of carbonyl (C=O) groups is 2. The van der Waals surface area contributed by atoms with Gasteiger partial charge in [-0.15, -0.1) is 12.4 Å². The lowest BCUT2D eigenvalue weighted by Crippen LogP contribution is -2.42. The van der Waals surface area contributed by atoms with E-state index >= 15 is 0 Å². The number of nitrogens with two attached hydrogens (primary N) is 1. The summed E-state index contributed by atoms with van der Waals surface area (Å²) in [5.41, 5.74) is 6.81. The number of likely N-dealkylation sites (tertiary alicyclic amines) is 1. The molecular weight excluding hydrogens is 414 g/mol. The number of nitrogens with zero attached hydrogens (tertiary/aromatic N) is 1. The lowest BCUT2D eigenvalue weighted by Gasteiger charge is -2.31. The molecule has 1 fully saturated rings. The molecule has 0 amide bonds. The van der Waals surface area contributed by atoms with Crippen LogP contribution in [-0.2, 0) is 4.79 Å². The molecule has 0 radical (unpaired) electrons. The molecule has 164 valence electrons. The molecule has 0 spiro atoms. The smallest absolute Gasteiger partial charge is 0.311 e. The van der Waals surface area contributed by atoms with E-state index in [-0.39, 0.29) is 35.9 Å². The van der Waals surface area contributed by atoms with Crippen molar-refractivity contribution in [1.29, 1.82) is 5.41 Å². The summed E-state index contributed by atoms with van der Waals surface area (Å²) in [7, 11) is 0. The van der Waals surface area contributed by atoms with Crippen molar-refractivity contribution in [3.05, 3.63) is 71.8 Å². The van der Waals surface area contributed by atoms with Crippen LogP contribution in [0.5, 0.6) is 5.75 Å². The number of benzene rings is 2. The monoisotopic (exact) mass is 441 g/mol. The van der Waals surface area contributed by atoms with Gasteiger partial charge in [-0.3, -0.25) is 15.0 Å². The number of piperidine rings is 1. The molecule has 1 heterocycles. The summed E-state index contributed by atoms with van der Waals surface area (Å²) >= 11 is 0. The van der Waals surface area contributed by atoms with Gasteiger partial charge in [0.1, 0.15) is 5.75 Å². The standard InChI is InChI=1S/C24H27N3O3.ClH/c25-24(26)27-16-14-19(15-17-27)11-13-23(29)30-22-9-5-4-8-20(22)21(28)12-10-18-6-2-1-3-7-18;/h1-10,12,19H,11,13-17H2,(H3,25,26);1H/b12-10+;. The summed E-state index contributed by atoms with van der Waals surface area (Å²) in [6.07, 6.45) is 6.08. The molecule has 0 aliphatic carbocycles. The maximum Gasteiger partial charge on any atom is 0.311 e. The lowest BCUT2D eigenvalue weighted by atomic mass is 9.92. The molecule has 0 atom stereocenters. The fraction of sp³-hybridized carbons (Fsp3) is 0.292. The maximum atomic E-state index is 12.6. The van der Waals surface area contributed by atoms with Gasteiger partial charge < -0.3 is 15.4 Å². The first-order valence-electron chi connectivity index (χ1n) is 10.2. The van der Waals surface area contributed by atoms with E-state index < -0.39 is 0 Å². The Bertz CT molecular complexity index is 923. The molecule has 3 rings (SSSR count). The Morgan fingerprint density at radius 3 is 2.39 bits per heavy atom. The normalized spacial score (nSPS) is 14.1. The van der Waals surface area contributed by atoms with Crippen LogP contribution >= 0.6 is 12.4 Å². The third-order valence-corrected chi connectivity index (χ3v) is 5.31. The molecule has 2 aromatic carbocycles. The highest BCUT2D eigenvalue weighted by atomic mass is 35.5. The Morgan fingerprint density at radius 1 is 1.06 bits per heavy atom. The Hall–Kier alpha value is -3.12. The second kappa shape index (κ2) is 11.9. The van der Waals surface area contributed by atoms with E-state index in [4.69, 9.17) is 15.9 Å². The number of guanidine groups is 1. The molecule has 2 aromatic rings. The van der Waals surface area contributed by atoms with Gasteiger partial charge in [-0.25, -0.2) is 0 Å². The maximum absolute atomic E-state index is 12.6. The highest BCUT2D eigenvalue weighted by molar-refractivity contribution is 6.08. The highest BCUT2D eigenvalue weighted by Crippen LogP contribution is 2.24. The van der Waals surface area contributed by atoms with Crippen molar-refractivity contribution in [2.24, 2.45) is 11.7 Å². The van der Waals surface area contributed by atoms with Crippen LogP contribution in [0.2, 0.25) is 0 Å².